The van der Waals surface area contributed by atoms with Crippen LogP contribution in [-0.4, -0.2) is 51.5 Å². The topological polar surface area (TPSA) is 69.2 Å². The van der Waals surface area contributed by atoms with Crippen LogP contribution in [0.15, 0.2) is 24.3 Å². The number of alkyl halides is 1. The molecule has 2 heterocycles. The van der Waals surface area contributed by atoms with Crippen molar-refractivity contribution in [3.63, 3.8) is 0 Å². The molecule has 3 rings (SSSR count). The second-order valence-corrected chi connectivity index (χ2v) is 4.78. The van der Waals surface area contributed by atoms with Crippen molar-refractivity contribution in [2.24, 2.45) is 0 Å². The lowest BCUT2D eigenvalue weighted by Gasteiger charge is -2.14. The van der Waals surface area contributed by atoms with Crippen LogP contribution in [0.2, 0.25) is 0 Å². The number of β-amino-alcohol motifs (C(OH)–C–C–N with tert-alkyl or cyclic N) is 1. The number of rotatable bonds is 2. The molecule has 0 saturated carbocycles. The first-order valence-electron chi connectivity index (χ1n) is 6.17. The Hall–Kier alpha value is -1.95. The van der Waals surface area contributed by atoms with E-state index in [-0.39, 0.29) is 25.4 Å². The van der Waals surface area contributed by atoms with Crippen LogP contribution in [0.3, 0.4) is 0 Å². The predicted molar refractivity (Wildman–Crippen MR) is 67.3 cm³/mol. The molecule has 1 aromatic heterocycles. The van der Waals surface area contributed by atoms with Gasteiger partial charge in [-0.25, -0.2) is 4.39 Å². The standard InChI is InChI=1S/C13H14FN3O2/c14-9-6-17(7-12(9)18)13(19)5-11-8-3-1-2-4-10(8)15-16-11/h1-4,9,12,18H,5-7H2,(H,15,16)/t9-,12-/m1/s1. The SMILES string of the molecule is O=C(Cc1[nH]nc2ccccc12)N1C[C@@H](O)[C@H](F)C1. The van der Waals surface area contributed by atoms with E-state index in [1.165, 1.54) is 4.90 Å². The Kier molecular flexibility index (Phi) is 2.94. The number of amides is 1. The third-order valence-corrected chi connectivity index (χ3v) is 3.44. The lowest BCUT2D eigenvalue weighted by Crippen LogP contribution is -2.31. The maximum atomic E-state index is 13.2. The van der Waals surface area contributed by atoms with Crippen LogP contribution < -0.4 is 0 Å². The van der Waals surface area contributed by atoms with Crippen molar-refractivity contribution in [3.05, 3.63) is 30.0 Å². The van der Waals surface area contributed by atoms with Crippen molar-refractivity contribution in [2.75, 3.05) is 13.1 Å². The average molecular weight is 263 g/mol. The summed E-state index contributed by atoms with van der Waals surface area (Å²) in [5.41, 5.74) is 1.52. The van der Waals surface area contributed by atoms with E-state index >= 15 is 0 Å². The summed E-state index contributed by atoms with van der Waals surface area (Å²) in [6.45, 7) is 0.0259. The average Bonchev–Trinajstić information content (AvgIpc) is 2.95. The van der Waals surface area contributed by atoms with Crippen LogP contribution in [0, 0.1) is 0 Å². The molecule has 5 nitrogen and oxygen atoms in total. The highest BCUT2D eigenvalue weighted by atomic mass is 19.1. The van der Waals surface area contributed by atoms with E-state index in [1.807, 2.05) is 24.3 Å². The maximum Gasteiger partial charge on any atom is 0.228 e. The second kappa shape index (κ2) is 4.62. The number of fused-ring (bicyclic) bond motifs is 1. The number of halogens is 1. The molecule has 1 aliphatic heterocycles. The quantitative estimate of drug-likeness (QED) is 0.835. The van der Waals surface area contributed by atoms with Crippen LogP contribution >= 0.6 is 0 Å². The van der Waals surface area contributed by atoms with Gasteiger partial charge in [-0.3, -0.25) is 9.89 Å². The number of hydrogen-bond donors (Lipinski definition) is 2. The molecule has 1 amide bonds. The fraction of sp³-hybridized carbons (Fsp3) is 0.385. The molecule has 1 fully saturated rings. The summed E-state index contributed by atoms with van der Waals surface area (Å²) in [5, 5.41) is 17.2. The zero-order valence-corrected chi connectivity index (χ0v) is 10.2. The molecule has 0 radical (unpaired) electrons. The number of H-pyrrole nitrogens is 1. The number of benzene rings is 1. The Morgan fingerprint density at radius 3 is 3.00 bits per heavy atom. The summed E-state index contributed by atoms with van der Waals surface area (Å²) in [6, 6.07) is 7.50. The van der Waals surface area contributed by atoms with Crippen LogP contribution in [0.25, 0.3) is 10.9 Å². The number of aromatic nitrogens is 2. The van der Waals surface area contributed by atoms with E-state index < -0.39 is 12.3 Å². The fourth-order valence-electron chi connectivity index (χ4n) is 2.36. The number of nitrogens with zero attached hydrogens (tertiary/aromatic N) is 2. The zero-order valence-electron chi connectivity index (χ0n) is 10.2. The van der Waals surface area contributed by atoms with Gasteiger partial charge in [-0.2, -0.15) is 5.10 Å². The van der Waals surface area contributed by atoms with E-state index in [2.05, 4.69) is 10.2 Å². The monoisotopic (exact) mass is 263 g/mol. The summed E-state index contributed by atoms with van der Waals surface area (Å²) in [4.78, 5) is 13.4. The molecule has 1 saturated heterocycles. The normalized spacial score (nSPS) is 23.2. The number of aromatic amines is 1. The lowest BCUT2D eigenvalue weighted by atomic mass is 10.1. The molecule has 2 N–H and O–H groups in total. The Morgan fingerprint density at radius 2 is 2.26 bits per heavy atom. The Morgan fingerprint density at radius 1 is 1.47 bits per heavy atom. The highest BCUT2D eigenvalue weighted by Gasteiger charge is 2.34. The van der Waals surface area contributed by atoms with E-state index in [1.54, 1.807) is 0 Å². The molecule has 1 aliphatic rings. The molecular weight excluding hydrogens is 249 g/mol. The number of para-hydroxylation sites is 1. The molecule has 0 aliphatic carbocycles. The second-order valence-electron chi connectivity index (χ2n) is 4.78. The van der Waals surface area contributed by atoms with Crippen molar-refractivity contribution >= 4 is 16.8 Å². The van der Waals surface area contributed by atoms with Crippen LogP contribution in [-0.2, 0) is 11.2 Å². The van der Waals surface area contributed by atoms with Gasteiger partial charge in [0.25, 0.3) is 0 Å². The Labute approximate surface area is 109 Å². The molecule has 1 aromatic carbocycles. The van der Waals surface area contributed by atoms with E-state index in [0.29, 0.717) is 0 Å². The largest absolute Gasteiger partial charge is 0.388 e. The summed E-state index contributed by atoms with van der Waals surface area (Å²) >= 11 is 0. The number of aliphatic hydroxyl groups excluding tert-OH is 1. The van der Waals surface area contributed by atoms with Crippen molar-refractivity contribution < 1.29 is 14.3 Å². The predicted octanol–water partition coefficient (Wildman–Crippen LogP) is 0.647. The minimum Gasteiger partial charge on any atom is -0.388 e. The number of hydrogen-bond acceptors (Lipinski definition) is 3. The van der Waals surface area contributed by atoms with Gasteiger partial charge in [0.2, 0.25) is 5.91 Å². The van der Waals surface area contributed by atoms with Crippen molar-refractivity contribution in [3.8, 4) is 0 Å². The maximum absolute atomic E-state index is 13.2. The van der Waals surface area contributed by atoms with Crippen molar-refractivity contribution in [2.45, 2.75) is 18.7 Å². The molecule has 19 heavy (non-hydrogen) atoms. The van der Waals surface area contributed by atoms with Gasteiger partial charge in [0.1, 0.15) is 12.3 Å². The first kappa shape index (κ1) is 12.1. The van der Waals surface area contributed by atoms with Crippen molar-refractivity contribution in [1.82, 2.24) is 15.1 Å². The van der Waals surface area contributed by atoms with Gasteiger partial charge in [0.05, 0.1) is 24.2 Å². The first-order chi connectivity index (χ1) is 9.15. The molecule has 0 unspecified atom stereocenters. The highest BCUT2D eigenvalue weighted by Crippen LogP contribution is 2.18. The van der Waals surface area contributed by atoms with Gasteiger partial charge in [-0.1, -0.05) is 18.2 Å². The zero-order chi connectivity index (χ0) is 13.4. The Balaban J connectivity index is 1.76. The smallest absolute Gasteiger partial charge is 0.228 e. The molecule has 6 heteroatoms. The minimum atomic E-state index is -1.34. The van der Waals surface area contributed by atoms with E-state index in [4.69, 9.17) is 0 Å². The fourth-order valence-corrected chi connectivity index (χ4v) is 2.36. The summed E-state index contributed by atoms with van der Waals surface area (Å²) in [6.07, 6.45) is -2.27. The molecule has 100 valence electrons. The third kappa shape index (κ3) is 2.19. The van der Waals surface area contributed by atoms with Crippen LogP contribution in [0.1, 0.15) is 5.69 Å². The molecule has 0 spiro atoms. The van der Waals surface area contributed by atoms with Gasteiger partial charge < -0.3 is 10.0 Å². The van der Waals surface area contributed by atoms with Gasteiger partial charge >= 0.3 is 0 Å². The van der Waals surface area contributed by atoms with Crippen molar-refractivity contribution in [1.29, 1.82) is 0 Å². The highest BCUT2D eigenvalue weighted by molar-refractivity contribution is 5.87. The molecule has 0 bridgehead atoms. The number of nitrogens with one attached hydrogen (secondary N) is 1. The minimum absolute atomic E-state index is 0.0356. The number of carbonyl (C=O) groups excluding carboxylic acids is 1. The lowest BCUT2D eigenvalue weighted by molar-refractivity contribution is -0.129. The first-order valence-corrected chi connectivity index (χ1v) is 6.17. The van der Waals surface area contributed by atoms with E-state index in [9.17, 15) is 14.3 Å². The van der Waals surface area contributed by atoms with Gasteiger partial charge in [0.15, 0.2) is 0 Å². The number of carbonyl (C=O) groups is 1. The Bertz CT molecular complexity index is 603. The summed E-state index contributed by atoms with van der Waals surface area (Å²) in [7, 11) is 0. The summed E-state index contributed by atoms with van der Waals surface area (Å²) in [5.74, 6) is -0.200. The number of likely N-dealkylation sites (tertiary alicyclic amines) is 1. The number of aliphatic hydroxyl groups is 1. The summed E-state index contributed by atoms with van der Waals surface area (Å²) < 4.78 is 13.2. The molecular formula is C13H14FN3O2. The van der Waals surface area contributed by atoms with Crippen LogP contribution in [0.4, 0.5) is 4.39 Å². The van der Waals surface area contributed by atoms with E-state index in [0.717, 1.165) is 16.6 Å². The van der Waals surface area contributed by atoms with Gasteiger partial charge in [-0.15, -0.1) is 0 Å². The third-order valence-electron chi connectivity index (χ3n) is 3.44. The van der Waals surface area contributed by atoms with Crippen LogP contribution in [0.5, 0.6) is 0 Å². The molecule has 2 aromatic rings. The molecule has 2 atom stereocenters. The van der Waals surface area contributed by atoms with Gasteiger partial charge in [-0.05, 0) is 6.07 Å². The van der Waals surface area contributed by atoms with Gasteiger partial charge in [0, 0.05) is 11.9 Å².